The van der Waals surface area contributed by atoms with E-state index in [0.717, 1.165) is 22.5 Å². The van der Waals surface area contributed by atoms with Gasteiger partial charge in [0, 0.05) is 38.8 Å². The highest BCUT2D eigenvalue weighted by atomic mass is 32.2. The van der Waals surface area contributed by atoms with Crippen molar-refractivity contribution in [3.63, 3.8) is 0 Å². The smallest absolute Gasteiger partial charge is 0.306 e. The number of fused-ring (bicyclic) bond motifs is 1. The second-order valence-corrected chi connectivity index (χ2v) is 10.3. The Morgan fingerprint density at radius 1 is 1.21 bits per heavy atom. The lowest BCUT2D eigenvalue weighted by molar-refractivity contribution is -0.145. The number of hydrogen-bond donors (Lipinski definition) is 0. The third-order valence-electron chi connectivity index (χ3n) is 6.32. The number of hydrogen-bond acceptors (Lipinski definition) is 7. The highest BCUT2D eigenvalue weighted by molar-refractivity contribution is 7.89. The third kappa shape index (κ3) is 4.73. The van der Waals surface area contributed by atoms with Crippen molar-refractivity contribution in [1.29, 1.82) is 0 Å². The summed E-state index contributed by atoms with van der Waals surface area (Å²) >= 11 is 0. The molecule has 0 N–H and O–H groups in total. The highest BCUT2D eigenvalue weighted by Gasteiger charge is 2.27. The van der Waals surface area contributed by atoms with Gasteiger partial charge in [0.15, 0.2) is 0 Å². The molecule has 1 fully saturated rings. The summed E-state index contributed by atoms with van der Waals surface area (Å²) in [5.41, 5.74) is 4.39. The van der Waals surface area contributed by atoms with Crippen LogP contribution in [0.5, 0.6) is 0 Å². The van der Waals surface area contributed by atoms with Gasteiger partial charge in [0.1, 0.15) is 12.4 Å². The number of sulfonamides is 1. The molecule has 184 valence electrons. The van der Waals surface area contributed by atoms with E-state index in [-0.39, 0.29) is 23.9 Å². The van der Waals surface area contributed by atoms with E-state index < -0.39 is 10.0 Å². The van der Waals surface area contributed by atoms with E-state index in [9.17, 15) is 13.2 Å². The molecule has 0 bridgehead atoms. The van der Waals surface area contributed by atoms with Crippen molar-refractivity contribution >= 4 is 27.0 Å². The molecule has 0 amide bonds. The number of carbonyl (C=O) groups excluding carboxylic acids is 1. The second-order valence-electron chi connectivity index (χ2n) is 8.37. The number of ether oxygens (including phenoxy) is 2. The van der Waals surface area contributed by atoms with Gasteiger partial charge in [-0.15, -0.1) is 0 Å². The first-order chi connectivity index (χ1) is 16.2. The van der Waals surface area contributed by atoms with Gasteiger partial charge in [-0.05, 0) is 51.0 Å². The first-order valence-corrected chi connectivity index (χ1v) is 12.9. The molecule has 0 saturated carbocycles. The van der Waals surface area contributed by atoms with Gasteiger partial charge in [0.25, 0.3) is 0 Å². The molecule has 1 aliphatic heterocycles. The number of morpholine rings is 1. The molecule has 3 heterocycles. The third-order valence-corrected chi connectivity index (χ3v) is 8.22. The van der Waals surface area contributed by atoms with Crippen LogP contribution in [0.15, 0.2) is 23.1 Å². The maximum absolute atomic E-state index is 13.0. The van der Waals surface area contributed by atoms with Crippen LogP contribution in [-0.2, 0) is 50.9 Å². The van der Waals surface area contributed by atoms with Crippen LogP contribution in [0.2, 0.25) is 0 Å². The SMILES string of the molecule is CCn1c(COC(=O)CCc2c(C)nn(C)c2C)nc2cc(S(=O)(=O)N3CCOCC3)ccc21. The Kier molecular flexibility index (Phi) is 7.06. The lowest BCUT2D eigenvalue weighted by atomic mass is 10.1. The number of carbonyl (C=O) groups is 1. The number of imidazole rings is 1. The van der Waals surface area contributed by atoms with Crippen LogP contribution in [0, 0.1) is 13.8 Å². The van der Waals surface area contributed by atoms with Gasteiger partial charge in [-0.25, -0.2) is 13.4 Å². The van der Waals surface area contributed by atoms with Crippen molar-refractivity contribution in [1.82, 2.24) is 23.6 Å². The van der Waals surface area contributed by atoms with E-state index in [1.165, 1.54) is 4.31 Å². The summed E-state index contributed by atoms with van der Waals surface area (Å²) in [4.78, 5) is 17.2. The molecule has 0 aliphatic carbocycles. The summed E-state index contributed by atoms with van der Waals surface area (Å²) in [6.07, 6.45) is 0.818. The Balaban J connectivity index is 1.47. The number of aromatic nitrogens is 4. The van der Waals surface area contributed by atoms with Crippen LogP contribution in [0.4, 0.5) is 0 Å². The van der Waals surface area contributed by atoms with Crippen molar-refractivity contribution in [2.75, 3.05) is 26.3 Å². The molecule has 34 heavy (non-hydrogen) atoms. The average molecular weight is 490 g/mol. The Morgan fingerprint density at radius 2 is 1.94 bits per heavy atom. The molecule has 1 aliphatic rings. The summed E-state index contributed by atoms with van der Waals surface area (Å²) in [6, 6.07) is 4.96. The fourth-order valence-electron chi connectivity index (χ4n) is 4.34. The summed E-state index contributed by atoms with van der Waals surface area (Å²) in [5, 5.41) is 4.38. The molecule has 0 spiro atoms. The van der Waals surface area contributed by atoms with Gasteiger partial charge in [-0.1, -0.05) is 0 Å². The Hall–Kier alpha value is -2.76. The van der Waals surface area contributed by atoms with Gasteiger partial charge in [0.2, 0.25) is 10.0 Å². The normalized spacial score (nSPS) is 15.2. The van der Waals surface area contributed by atoms with Crippen LogP contribution in [0.3, 0.4) is 0 Å². The molecule has 1 aromatic carbocycles. The first kappa shape index (κ1) is 24.4. The molecule has 4 rings (SSSR count). The van der Waals surface area contributed by atoms with E-state index in [2.05, 4.69) is 10.1 Å². The minimum atomic E-state index is -3.62. The Bertz CT molecular complexity index is 1300. The minimum absolute atomic E-state index is 0.0257. The second kappa shape index (κ2) is 9.85. The topological polar surface area (TPSA) is 109 Å². The molecule has 0 atom stereocenters. The van der Waals surface area contributed by atoms with Crippen molar-refractivity contribution in [2.45, 2.75) is 51.7 Å². The highest BCUT2D eigenvalue weighted by Crippen LogP contribution is 2.24. The van der Waals surface area contributed by atoms with Crippen molar-refractivity contribution < 1.29 is 22.7 Å². The van der Waals surface area contributed by atoms with E-state index in [1.54, 1.807) is 18.2 Å². The van der Waals surface area contributed by atoms with Gasteiger partial charge >= 0.3 is 5.97 Å². The summed E-state index contributed by atoms with van der Waals surface area (Å²) in [6.45, 7) is 7.99. The van der Waals surface area contributed by atoms with Gasteiger partial charge in [0.05, 0.1) is 34.8 Å². The lowest BCUT2D eigenvalue weighted by Crippen LogP contribution is -2.40. The summed E-state index contributed by atoms with van der Waals surface area (Å²) in [5.74, 6) is 0.272. The van der Waals surface area contributed by atoms with Gasteiger partial charge < -0.3 is 14.0 Å². The Morgan fingerprint density at radius 3 is 2.59 bits per heavy atom. The molecule has 11 heteroatoms. The van der Waals surface area contributed by atoms with Crippen LogP contribution >= 0.6 is 0 Å². The fourth-order valence-corrected chi connectivity index (χ4v) is 5.77. The maximum atomic E-state index is 13.0. The molecule has 3 aromatic rings. The molecular weight excluding hydrogens is 458 g/mol. The van der Waals surface area contributed by atoms with Crippen molar-refractivity contribution in [3.8, 4) is 0 Å². The zero-order valence-electron chi connectivity index (χ0n) is 20.1. The van der Waals surface area contributed by atoms with Gasteiger partial charge in [-0.3, -0.25) is 9.48 Å². The van der Waals surface area contributed by atoms with Gasteiger partial charge in [-0.2, -0.15) is 9.40 Å². The monoisotopic (exact) mass is 489 g/mol. The average Bonchev–Trinajstić information content (AvgIpc) is 3.31. The number of esters is 1. The number of benzene rings is 1. The standard InChI is InChI=1S/C23H31N5O5S/c1-5-28-21-8-6-18(34(30,31)27-10-12-32-13-11-27)14-20(21)24-22(28)15-33-23(29)9-7-19-16(2)25-26(4)17(19)3/h6,8,14H,5,7,9-13,15H2,1-4H3. The molecule has 10 nitrogen and oxygen atoms in total. The first-order valence-electron chi connectivity index (χ1n) is 11.4. The number of rotatable bonds is 8. The molecule has 0 unspecified atom stereocenters. The predicted molar refractivity (Wildman–Crippen MR) is 126 cm³/mol. The maximum Gasteiger partial charge on any atom is 0.306 e. The lowest BCUT2D eigenvalue weighted by Gasteiger charge is -2.26. The fraction of sp³-hybridized carbons (Fsp3) is 0.522. The van der Waals surface area contributed by atoms with Crippen LogP contribution in [-0.4, -0.2) is 64.3 Å². The molecule has 2 aromatic heterocycles. The summed E-state index contributed by atoms with van der Waals surface area (Å²) < 4.78 is 42.0. The quantitative estimate of drug-likeness (QED) is 0.446. The van der Waals surface area contributed by atoms with Crippen molar-refractivity contribution in [3.05, 3.63) is 41.0 Å². The Labute approximate surface area is 199 Å². The zero-order valence-corrected chi connectivity index (χ0v) is 20.9. The predicted octanol–water partition coefficient (Wildman–Crippen LogP) is 2.10. The van der Waals surface area contributed by atoms with Crippen molar-refractivity contribution in [2.24, 2.45) is 7.05 Å². The number of aryl methyl sites for hydroxylation is 3. The van der Waals surface area contributed by atoms with E-state index in [0.29, 0.717) is 50.6 Å². The molecular formula is C23H31N5O5S. The number of nitrogens with zero attached hydrogens (tertiary/aromatic N) is 5. The minimum Gasteiger partial charge on any atom is -0.457 e. The van der Waals surface area contributed by atoms with Crippen LogP contribution < -0.4 is 0 Å². The van der Waals surface area contributed by atoms with E-state index >= 15 is 0 Å². The van der Waals surface area contributed by atoms with Crippen LogP contribution in [0.1, 0.15) is 36.1 Å². The molecule has 1 saturated heterocycles. The zero-order chi connectivity index (χ0) is 24.5. The largest absolute Gasteiger partial charge is 0.457 e. The molecule has 0 radical (unpaired) electrons. The van der Waals surface area contributed by atoms with Crippen LogP contribution in [0.25, 0.3) is 11.0 Å². The van der Waals surface area contributed by atoms with E-state index in [1.807, 2.05) is 37.1 Å². The summed E-state index contributed by atoms with van der Waals surface area (Å²) in [7, 11) is -1.73. The van der Waals surface area contributed by atoms with E-state index in [4.69, 9.17) is 9.47 Å².